The van der Waals surface area contributed by atoms with Crippen molar-refractivity contribution in [3.8, 4) is 0 Å². The number of carbonyl (C=O) groups is 1. The quantitative estimate of drug-likeness (QED) is 0.772. The molecule has 0 aliphatic carbocycles. The molecular formula is C11H14N4O2S. The number of anilines is 2. The minimum absolute atomic E-state index is 0.104. The van der Waals surface area contributed by atoms with Crippen molar-refractivity contribution in [2.75, 3.05) is 5.32 Å². The number of aromatic nitrogens is 3. The van der Waals surface area contributed by atoms with Crippen LogP contribution >= 0.6 is 11.3 Å². The number of aromatic amines is 1. The molecule has 0 fully saturated rings. The van der Waals surface area contributed by atoms with Gasteiger partial charge in [0.25, 0.3) is 0 Å². The summed E-state index contributed by atoms with van der Waals surface area (Å²) in [5.74, 6) is -0.806. The molecule has 2 heterocycles. The third kappa shape index (κ3) is 2.86. The van der Waals surface area contributed by atoms with Crippen LogP contribution in [-0.2, 0) is 11.2 Å². The zero-order valence-corrected chi connectivity index (χ0v) is 11.0. The van der Waals surface area contributed by atoms with Crippen LogP contribution in [0, 0.1) is 13.8 Å². The van der Waals surface area contributed by atoms with E-state index in [9.17, 15) is 4.79 Å². The molecule has 0 radical (unpaired) electrons. The third-order valence-corrected chi connectivity index (χ3v) is 3.31. The van der Waals surface area contributed by atoms with Gasteiger partial charge < -0.3 is 10.4 Å². The molecule has 2 aromatic heterocycles. The van der Waals surface area contributed by atoms with Crippen LogP contribution in [0.5, 0.6) is 0 Å². The summed E-state index contributed by atoms with van der Waals surface area (Å²) in [6, 6.07) is 0. The van der Waals surface area contributed by atoms with Gasteiger partial charge in [0.15, 0.2) is 5.13 Å². The monoisotopic (exact) mass is 266 g/mol. The molecule has 0 atom stereocenters. The predicted octanol–water partition coefficient (Wildman–Crippen LogP) is 2.24. The van der Waals surface area contributed by atoms with E-state index < -0.39 is 5.97 Å². The average molecular weight is 266 g/mol. The molecule has 6 nitrogen and oxygen atoms in total. The van der Waals surface area contributed by atoms with Gasteiger partial charge in [-0.25, -0.2) is 4.98 Å². The summed E-state index contributed by atoms with van der Waals surface area (Å²) < 4.78 is 0. The molecule has 2 rings (SSSR count). The number of thiazole rings is 1. The van der Waals surface area contributed by atoms with Crippen LogP contribution in [-0.4, -0.2) is 26.3 Å². The lowest BCUT2D eigenvalue weighted by atomic mass is 10.2. The molecule has 7 heteroatoms. The Morgan fingerprint density at radius 2 is 2.33 bits per heavy atom. The Bertz CT molecular complexity index is 542. The minimum atomic E-state index is -0.806. The first-order chi connectivity index (χ1) is 8.56. The van der Waals surface area contributed by atoms with Gasteiger partial charge in [0.05, 0.1) is 29.2 Å². The molecule has 0 aromatic carbocycles. The molecule has 18 heavy (non-hydrogen) atoms. The van der Waals surface area contributed by atoms with Gasteiger partial charge in [-0.2, -0.15) is 5.10 Å². The maximum absolute atomic E-state index is 10.5. The summed E-state index contributed by atoms with van der Waals surface area (Å²) in [4.78, 5) is 14.8. The lowest BCUT2D eigenvalue weighted by Gasteiger charge is -2.01. The van der Waals surface area contributed by atoms with Gasteiger partial charge in [0.2, 0.25) is 0 Å². The van der Waals surface area contributed by atoms with Gasteiger partial charge in [-0.05, 0) is 13.8 Å². The number of aryl methyl sites for hydroxylation is 3. The number of H-pyrrole nitrogens is 1. The summed E-state index contributed by atoms with van der Waals surface area (Å²) in [7, 11) is 0. The van der Waals surface area contributed by atoms with Crippen LogP contribution in [0.15, 0.2) is 5.38 Å². The Morgan fingerprint density at radius 1 is 1.56 bits per heavy atom. The topological polar surface area (TPSA) is 90.9 Å². The predicted molar refractivity (Wildman–Crippen MR) is 69.4 cm³/mol. The fraction of sp³-hybridized carbons (Fsp3) is 0.364. The SMILES string of the molecule is Cc1n[nH]c(C)c1Nc1nc(CCC(=O)O)cs1. The lowest BCUT2D eigenvalue weighted by Crippen LogP contribution is -1.98. The van der Waals surface area contributed by atoms with Crippen LogP contribution in [0.2, 0.25) is 0 Å². The van der Waals surface area contributed by atoms with Crippen LogP contribution in [0.1, 0.15) is 23.5 Å². The maximum Gasteiger partial charge on any atom is 0.303 e. The second kappa shape index (κ2) is 5.18. The van der Waals surface area contributed by atoms with Crippen molar-refractivity contribution in [3.63, 3.8) is 0 Å². The van der Waals surface area contributed by atoms with E-state index in [1.165, 1.54) is 11.3 Å². The molecule has 0 amide bonds. The van der Waals surface area contributed by atoms with E-state index in [-0.39, 0.29) is 6.42 Å². The molecule has 0 saturated heterocycles. The van der Waals surface area contributed by atoms with Gasteiger partial charge in [-0.15, -0.1) is 11.3 Å². The summed E-state index contributed by atoms with van der Waals surface area (Å²) >= 11 is 1.46. The van der Waals surface area contributed by atoms with Crippen molar-refractivity contribution >= 4 is 28.1 Å². The third-order valence-electron chi connectivity index (χ3n) is 2.51. The first-order valence-electron chi connectivity index (χ1n) is 5.51. The van der Waals surface area contributed by atoms with Crippen molar-refractivity contribution in [2.45, 2.75) is 26.7 Å². The van der Waals surface area contributed by atoms with E-state index in [1.54, 1.807) is 0 Å². The van der Waals surface area contributed by atoms with Crippen LogP contribution in [0.25, 0.3) is 0 Å². The number of aliphatic carboxylic acids is 1. The van der Waals surface area contributed by atoms with E-state index in [2.05, 4.69) is 20.5 Å². The Kier molecular flexibility index (Phi) is 3.61. The second-order valence-corrected chi connectivity index (χ2v) is 4.83. The summed E-state index contributed by atoms with van der Waals surface area (Å²) in [5, 5.41) is 21.4. The average Bonchev–Trinajstić information content (AvgIpc) is 2.88. The molecule has 3 N–H and O–H groups in total. The molecule has 2 aromatic rings. The standard InChI is InChI=1S/C11H14N4O2S/c1-6-10(7(2)15-14-6)13-11-12-8(5-18-11)3-4-9(16)17/h5H,3-4H2,1-2H3,(H,12,13)(H,14,15)(H,16,17). The van der Waals surface area contributed by atoms with Gasteiger partial charge in [-0.3, -0.25) is 9.89 Å². The number of nitrogens with one attached hydrogen (secondary N) is 2. The van der Waals surface area contributed by atoms with Gasteiger partial charge in [-0.1, -0.05) is 0 Å². The zero-order valence-electron chi connectivity index (χ0n) is 10.1. The number of carboxylic acids is 1. The largest absolute Gasteiger partial charge is 0.481 e. The van der Waals surface area contributed by atoms with Crippen LogP contribution in [0.4, 0.5) is 10.8 Å². The summed E-state index contributed by atoms with van der Waals surface area (Å²) in [6.07, 6.45) is 0.559. The molecule has 96 valence electrons. The number of hydrogen-bond donors (Lipinski definition) is 3. The van der Waals surface area contributed by atoms with Crippen LogP contribution < -0.4 is 5.32 Å². The zero-order chi connectivity index (χ0) is 13.1. The highest BCUT2D eigenvalue weighted by Gasteiger charge is 2.09. The second-order valence-electron chi connectivity index (χ2n) is 3.97. The van der Waals surface area contributed by atoms with Gasteiger partial charge in [0.1, 0.15) is 0 Å². The molecule has 0 aliphatic rings. The first-order valence-corrected chi connectivity index (χ1v) is 6.39. The first kappa shape index (κ1) is 12.6. The fourth-order valence-electron chi connectivity index (χ4n) is 1.56. The smallest absolute Gasteiger partial charge is 0.303 e. The van der Waals surface area contributed by atoms with Crippen molar-refractivity contribution in [3.05, 3.63) is 22.5 Å². The maximum atomic E-state index is 10.5. The Labute approximate surface area is 108 Å². The van der Waals surface area contributed by atoms with E-state index in [0.29, 0.717) is 6.42 Å². The van der Waals surface area contributed by atoms with Crippen LogP contribution in [0.3, 0.4) is 0 Å². The minimum Gasteiger partial charge on any atom is -0.481 e. The normalized spacial score (nSPS) is 10.6. The van der Waals surface area contributed by atoms with Crippen molar-refractivity contribution in [1.82, 2.24) is 15.2 Å². The van der Waals surface area contributed by atoms with E-state index >= 15 is 0 Å². The molecule has 0 aliphatic heterocycles. The summed E-state index contributed by atoms with van der Waals surface area (Å²) in [6.45, 7) is 3.84. The number of carboxylic acid groups (broad SMARTS) is 1. The molecule has 0 saturated carbocycles. The molecular weight excluding hydrogens is 252 g/mol. The van der Waals surface area contributed by atoms with Gasteiger partial charge in [0, 0.05) is 11.8 Å². The van der Waals surface area contributed by atoms with E-state index in [1.807, 2.05) is 19.2 Å². The fourth-order valence-corrected chi connectivity index (χ4v) is 2.31. The highest BCUT2D eigenvalue weighted by atomic mass is 32.1. The van der Waals surface area contributed by atoms with Crippen molar-refractivity contribution in [1.29, 1.82) is 0 Å². The number of hydrogen-bond acceptors (Lipinski definition) is 5. The highest BCUT2D eigenvalue weighted by Crippen LogP contribution is 2.25. The van der Waals surface area contributed by atoms with E-state index in [4.69, 9.17) is 5.11 Å². The lowest BCUT2D eigenvalue weighted by molar-refractivity contribution is -0.136. The number of nitrogens with zero attached hydrogens (tertiary/aromatic N) is 2. The Morgan fingerprint density at radius 3 is 2.94 bits per heavy atom. The molecule has 0 spiro atoms. The van der Waals surface area contributed by atoms with Crippen molar-refractivity contribution < 1.29 is 9.90 Å². The Balaban J connectivity index is 2.05. The highest BCUT2D eigenvalue weighted by molar-refractivity contribution is 7.13. The van der Waals surface area contributed by atoms with E-state index in [0.717, 1.165) is 27.9 Å². The summed E-state index contributed by atoms with van der Waals surface area (Å²) in [5.41, 5.74) is 3.56. The van der Waals surface area contributed by atoms with Crippen molar-refractivity contribution in [2.24, 2.45) is 0 Å². The molecule has 0 bridgehead atoms. The molecule has 0 unspecified atom stereocenters. The van der Waals surface area contributed by atoms with Gasteiger partial charge >= 0.3 is 5.97 Å². The number of rotatable bonds is 5. The Hall–Kier alpha value is -1.89.